The van der Waals surface area contributed by atoms with Gasteiger partial charge in [-0.05, 0) is 41.5 Å². The zero-order valence-electron chi connectivity index (χ0n) is 15.3. The van der Waals surface area contributed by atoms with E-state index in [0.717, 1.165) is 32.6 Å². The number of carbonyl (C=O) groups excluding carboxylic acids is 1. The monoisotopic (exact) mass is 439 g/mol. The highest BCUT2D eigenvalue weighted by atomic mass is 79.9. The standard InChI is InChI=1S/C22H22BrN3O2/c23-19-8-11-21(28-15-17-4-2-1-3-5-17)18(12-19)14-25-20-9-6-16(7-10-20)13-26-22(24)27/h1-12,25H,13-15H2,(H3,24,26,27). The van der Waals surface area contributed by atoms with Crippen molar-refractivity contribution in [3.8, 4) is 5.75 Å². The van der Waals surface area contributed by atoms with Gasteiger partial charge in [-0.1, -0.05) is 58.4 Å². The molecule has 2 amide bonds. The molecule has 0 aliphatic rings. The summed E-state index contributed by atoms with van der Waals surface area (Å²) >= 11 is 3.53. The molecule has 0 aromatic heterocycles. The summed E-state index contributed by atoms with van der Waals surface area (Å²) in [6, 6.07) is 23.4. The number of halogens is 1. The van der Waals surface area contributed by atoms with Crippen molar-refractivity contribution in [2.45, 2.75) is 19.7 Å². The van der Waals surface area contributed by atoms with Crippen LogP contribution in [0.3, 0.4) is 0 Å². The first-order chi connectivity index (χ1) is 13.6. The van der Waals surface area contributed by atoms with Crippen LogP contribution in [0, 0.1) is 0 Å². The number of urea groups is 1. The Labute approximate surface area is 173 Å². The minimum atomic E-state index is -0.528. The third kappa shape index (κ3) is 6.03. The van der Waals surface area contributed by atoms with Crippen molar-refractivity contribution in [2.75, 3.05) is 5.32 Å². The summed E-state index contributed by atoms with van der Waals surface area (Å²) < 4.78 is 7.03. The first-order valence-corrected chi connectivity index (χ1v) is 9.71. The highest BCUT2D eigenvalue weighted by Gasteiger charge is 2.06. The molecule has 0 aliphatic heterocycles. The van der Waals surface area contributed by atoms with Crippen LogP contribution < -0.4 is 21.1 Å². The van der Waals surface area contributed by atoms with Crippen LogP contribution in [-0.4, -0.2) is 6.03 Å². The van der Waals surface area contributed by atoms with Crippen molar-refractivity contribution >= 4 is 27.6 Å². The molecule has 0 fully saturated rings. The molecule has 3 rings (SSSR count). The highest BCUT2D eigenvalue weighted by molar-refractivity contribution is 9.10. The van der Waals surface area contributed by atoms with Gasteiger partial charge in [0.1, 0.15) is 12.4 Å². The van der Waals surface area contributed by atoms with Crippen molar-refractivity contribution in [2.24, 2.45) is 5.73 Å². The number of carbonyl (C=O) groups is 1. The summed E-state index contributed by atoms with van der Waals surface area (Å²) in [4.78, 5) is 10.8. The van der Waals surface area contributed by atoms with E-state index in [-0.39, 0.29) is 0 Å². The van der Waals surface area contributed by atoms with Gasteiger partial charge in [-0.15, -0.1) is 0 Å². The molecule has 6 heteroatoms. The SMILES string of the molecule is NC(=O)NCc1ccc(NCc2cc(Br)ccc2OCc2ccccc2)cc1. The Morgan fingerprint density at radius 1 is 0.929 bits per heavy atom. The number of rotatable bonds is 8. The molecule has 0 saturated heterocycles. The Morgan fingerprint density at radius 3 is 2.39 bits per heavy atom. The van der Waals surface area contributed by atoms with Gasteiger partial charge in [0, 0.05) is 28.8 Å². The zero-order chi connectivity index (χ0) is 19.8. The molecule has 0 saturated carbocycles. The minimum absolute atomic E-state index is 0.415. The molecule has 3 aromatic carbocycles. The number of hydrogen-bond donors (Lipinski definition) is 3. The Hall–Kier alpha value is -2.99. The van der Waals surface area contributed by atoms with E-state index in [0.29, 0.717) is 19.7 Å². The number of anilines is 1. The number of amides is 2. The van der Waals surface area contributed by atoms with Crippen LogP contribution in [0.15, 0.2) is 77.3 Å². The van der Waals surface area contributed by atoms with Crippen molar-refractivity contribution in [3.63, 3.8) is 0 Å². The number of nitrogens with one attached hydrogen (secondary N) is 2. The molecule has 0 bridgehead atoms. The van der Waals surface area contributed by atoms with E-state index in [1.54, 1.807) is 0 Å². The average molecular weight is 440 g/mol. The molecule has 0 heterocycles. The van der Waals surface area contributed by atoms with Crippen LogP contribution in [0.5, 0.6) is 5.75 Å². The molecule has 0 atom stereocenters. The molecule has 3 aromatic rings. The quantitative estimate of drug-likeness (QED) is 0.471. The maximum absolute atomic E-state index is 10.8. The Balaban J connectivity index is 1.61. The van der Waals surface area contributed by atoms with Crippen molar-refractivity contribution in [3.05, 3.63) is 94.0 Å². The number of benzene rings is 3. The van der Waals surface area contributed by atoms with E-state index in [4.69, 9.17) is 10.5 Å². The molecule has 144 valence electrons. The van der Waals surface area contributed by atoms with Gasteiger partial charge in [0.05, 0.1) is 0 Å². The summed E-state index contributed by atoms with van der Waals surface area (Å²) in [5, 5.41) is 5.98. The summed E-state index contributed by atoms with van der Waals surface area (Å²) in [7, 11) is 0. The van der Waals surface area contributed by atoms with Crippen LogP contribution in [0.1, 0.15) is 16.7 Å². The predicted molar refractivity (Wildman–Crippen MR) is 115 cm³/mol. The van der Waals surface area contributed by atoms with Gasteiger partial charge in [-0.3, -0.25) is 0 Å². The molecule has 4 N–H and O–H groups in total. The normalized spacial score (nSPS) is 10.3. The lowest BCUT2D eigenvalue weighted by Gasteiger charge is -2.14. The lowest BCUT2D eigenvalue weighted by Crippen LogP contribution is -2.28. The average Bonchev–Trinajstić information content (AvgIpc) is 2.71. The fraction of sp³-hybridized carbons (Fsp3) is 0.136. The fourth-order valence-corrected chi connectivity index (χ4v) is 3.10. The Kier molecular flexibility index (Phi) is 6.92. The van der Waals surface area contributed by atoms with E-state index in [1.807, 2.05) is 66.7 Å². The number of nitrogens with two attached hydrogens (primary N) is 1. The second-order valence-corrected chi connectivity index (χ2v) is 7.21. The maximum Gasteiger partial charge on any atom is 0.312 e. The van der Waals surface area contributed by atoms with Crippen molar-refractivity contribution in [1.82, 2.24) is 5.32 Å². The maximum atomic E-state index is 10.8. The number of primary amides is 1. The first-order valence-electron chi connectivity index (χ1n) is 8.91. The van der Waals surface area contributed by atoms with Gasteiger partial charge in [0.25, 0.3) is 0 Å². The van der Waals surface area contributed by atoms with Crippen LogP contribution in [0.4, 0.5) is 10.5 Å². The Morgan fingerprint density at radius 2 is 1.68 bits per heavy atom. The van der Waals surface area contributed by atoms with Gasteiger partial charge in [-0.25, -0.2) is 4.79 Å². The van der Waals surface area contributed by atoms with Gasteiger partial charge in [-0.2, -0.15) is 0 Å². The van der Waals surface area contributed by atoms with Gasteiger partial charge in [0.2, 0.25) is 0 Å². The largest absolute Gasteiger partial charge is 0.489 e. The van der Waals surface area contributed by atoms with Crippen LogP contribution in [-0.2, 0) is 19.7 Å². The van der Waals surface area contributed by atoms with Crippen LogP contribution >= 0.6 is 15.9 Å². The fourth-order valence-electron chi connectivity index (χ4n) is 2.69. The van der Waals surface area contributed by atoms with Gasteiger partial charge >= 0.3 is 6.03 Å². The second kappa shape index (κ2) is 9.80. The molecule has 5 nitrogen and oxygen atoms in total. The zero-order valence-corrected chi connectivity index (χ0v) is 16.9. The lowest BCUT2D eigenvalue weighted by atomic mass is 10.1. The molecular formula is C22H22BrN3O2. The Bertz CT molecular complexity index is 915. The van der Waals surface area contributed by atoms with E-state index in [2.05, 4.69) is 32.6 Å². The van der Waals surface area contributed by atoms with Gasteiger partial charge in [0.15, 0.2) is 0 Å². The smallest absolute Gasteiger partial charge is 0.312 e. The van der Waals surface area contributed by atoms with Crippen molar-refractivity contribution < 1.29 is 9.53 Å². The lowest BCUT2D eigenvalue weighted by molar-refractivity contribution is 0.248. The highest BCUT2D eigenvalue weighted by Crippen LogP contribution is 2.25. The molecular weight excluding hydrogens is 418 g/mol. The summed E-state index contributed by atoms with van der Waals surface area (Å²) in [5.74, 6) is 0.849. The molecule has 0 radical (unpaired) electrons. The predicted octanol–water partition coefficient (Wildman–Crippen LogP) is 4.81. The third-order valence-electron chi connectivity index (χ3n) is 4.16. The molecule has 0 spiro atoms. The molecule has 28 heavy (non-hydrogen) atoms. The summed E-state index contributed by atoms with van der Waals surface area (Å²) in [6.45, 7) is 1.57. The molecule has 0 aliphatic carbocycles. The van der Waals surface area contributed by atoms with Crippen LogP contribution in [0.2, 0.25) is 0 Å². The van der Waals surface area contributed by atoms with E-state index >= 15 is 0 Å². The van der Waals surface area contributed by atoms with Crippen molar-refractivity contribution in [1.29, 1.82) is 0 Å². The third-order valence-corrected chi connectivity index (χ3v) is 4.66. The number of ether oxygens (including phenoxy) is 1. The summed E-state index contributed by atoms with van der Waals surface area (Å²) in [5.41, 5.74) is 9.25. The number of hydrogen-bond acceptors (Lipinski definition) is 3. The minimum Gasteiger partial charge on any atom is -0.489 e. The van der Waals surface area contributed by atoms with E-state index < -0.39 is 6.03 Å². The molecule has 0 unspecified atom stereocenters. The summed E-state index contributed by atoms with van der Waals surface area (Å²) in [6.07, 6.45) is 0. The first kappa shape index (κ1) is 19.8. The van der Waals surface area contributed by atoms with E-state index in [9.17, 15) is 4.79 Å². The second-order valence-electron chi connectivity index (χ2n) is 6.29. The van der Waals surface area contributed by atoms with E-state index in [1.165, 1.54) is 0 Å². The topological polar surface area (TPSA) is 76.4 Å². The van der Waals surface area contributed by atoms with Crippen LogP contribution in [0.25, 0.3) is 0 Å². The van der Waals surface area contributed by atoms with Gasteiger partial charge < -0.3 is 21.1 Å².